The molecule has 1 spiro atoms. The Morgan fingerprint density at radius 3 is 2.26 bits per heavy atom. The lowest BCUT2D eigenvalue weighted by molar-refractivity contribution is -0.0556. The second-order valence-corrected chi connectivity index (χ2v) is 6.76. The van der Waals surface area contributed by atoms with Gasteiger partial charge in [0.15, 0.2) is 0 Å². The molecule has 2 aliphatic heterocycles. The Labute approximate surface area is 117 Å². The number of hydrogen-bond acceptors (Lipinski definition) is 2. The van der Waals surface area contributed by atoms with E-state index >= 15 is 0 Å². The zero-order valence-corrected chi connectivity index (χ0v) is 12.3. The lowest BCUT2D eigenvalue weighted by Crippen LogP contribution is -2.60. The predicted molar refractivity (Wildman–Crippen MR) is 80.1 cm³/mol. The highest BCUT2D eigenvalue weighted by atomic mass is 15.2. The largest absolute Gasteiger partial charge is 0.301 e. The third kappa shape index (κ3) is 2.85. The molecule has 0 bridgehead atoms. The molecular weight excluding hydrogens is 232 g/mol. The summed E-state index contributed by atoms with van der Waals surface area (Å²) in [5, 5.41) is 0. The molecule has 0 atom stereocenters. The van der Waals surface area contributed by atoms with Crippen LogP contribution in [0.15, 0.2) is 30.3 Å². The lowest BCUT2D eigenvalue weighted by Gasteiger charge is -2.54. The van der Waals surface area contributed by atoms with Crippen molar-refractivity contribution in [1.82, 2.24) is 9.80 Å². The molecule has 0 saturated carbocycles. The molecule has 0 amide bonds. The van der Waals surface area contributed by atoms with Gasteiger partial charge in [0.2, 0.25) is 0 Å². The molecule has 0 unspecified atom stereocenters. The number of likely N-dealkylation sites (tertiary alicyclic amines) is 2. The van der Waals surface area contributed by atoms with Gasteiger partial charge in [-0.15, -0.1) is 0 Å². The molecule has 19 heavy (non-hydrogen) atoms. The Balaban J connectivity index is 1.48. The molecular formula is C17H26N2. The van der Waals surface area contributed by atoms with Crippen LogP contribution in [0.5, 0.6) is 0 Å². The minimum atomic E-state index is 0.653. The van der Waals surface area contributed by atoms with Crippen LogP contribution in [0.1, 0.15) is 32.3 Å². The molecule has 2 heteroatoms. The van der Waals surface area contributed by atoms with Crippen LogP contribution >= 0.6 is 0 Å². The van der Waals surface area contributed by atoms with Crippen LogP contribution in [0.3, 0.4) is 0 Å². The van der Waals surface area contributed by atoms with Crippen molar-refractivity contribution < 1.29 is 0 Å². The van der Waals surface area contributed by atoms with Gasteiger partial charge < -0.3 is 4.90 Å². The van der Waals surface area contributed by atoms with Gasteiger partial charge in [0.05, 0.1) is 0 Å². The average Bonchev–Trinajstić information content (AvgIpc) is 2.39. The maximum absolute atomic E-state index is 2.63. The van der Waals surface area contributed by atoms with Crippen molar-refractivity contribution in [3.8, 4) is 0 Å². The first kappa shape index (κ1) is 13.1. The predicted octanol–water partition coefficient (Wildman–Crippen LogP) is 2.99. The number of rotatable bonds is 3. The summed E-state index contributed by atoms with van der Waals surface area (Å²) < 4.78 is 0. The van der Waals surface area contributed by atoms with Crippen molar-refractivity contribution in [2.24, 2.45) is 5.41 Å². The smallest absolute Gasteiger partial charge is 0.0234 e. The molecule has 0 aliphatic carbocycles. The van der Waals surface area contributed by atoms with Crippen molar-refractivity contribution in [1.29, 1.82) is 0 Å². The normalized spacial score (nSPS) is 23.7. The van der Waals surface area contributed by atoms with E-state index in [-0.39, 0.29) is 0 Å². The van der Waals surface area contributed by atoms with Crippen LogP contribution in [0.4, 0.5) is 0 Å². The number of benzene rings is 1. The quantitative estimate of drug-likeness (QED) is 0.822. The van der Waals surface area contributed by atoms with Gasteiger partial charge in [0.1, 0.15) is 0 Å². The molecule has 0 radical (unpaired) electrons. The molecule has 0 aromatic heterocycles. The minimum Gasteiger partial charge on any atom is -0.301 e. The van der Waals surface area contributed by atoms with Crippen molar-refractivity contribution in [3.05, 3.63) is 35.9 Å². The second-order valence-electron chi connectivity index (χ2n) is 6.76. The molecule has 3 rings (SSSR count). The van der Waals surface area contributed by atoms with Gasteiger partial charge in [-0.05, 0) is 50.8 Å². The summed E-state index contributed by atoms with van der Waals surface area (Å²) in [7, 11) is 0. The van der Waals surface area contributed by atoms with Gasteiger partial charge >= 0.3 is 0 Å². The molecule has 2 heterocycles. The van der Waals surface area contributed by atoms with Crippen LogP contribution < -0.4 is 0 Å². The second kappa shape index (κ2) is 5.26. The summed E-state index contributed by atoms with van der Waals surface area (Å²) in [6, 6.07) is 11.6. The Morgan fingerprint density at radius 2 is 1.68 bits per heavy atom. The Hall–Kier alpha value is -0.860. The summed E-state index contributed by atoms with van der Waals surface area (Å²) in [6.45, 7) is 11.0. The molecule has 104 valence electrons. The van der Waals surface area contributed by atoms with E-state index in [0.717, 1.165) is 12.6 Å². The van der Waals surface area contributed by atoms with E-state index in [1.54, 1.807) is 0 Å². The number of nitrogens with zero attached hydrogens (tertiary/aromatic N) is 2. The average molecular weight is 258 g/mol. The van der Waals surface area contributed by atoms with E-state index in [9.17, 15) is 0 Å². The zero-order valence-electron chi connectivity index (χ0n) is 12.3. The molecule has 2 aliphatic rings. The van der Waals surface area contributed by atoms with Crippen LogP contribution in [0.2, 0.25) is 0 Å². The van der Waals surface area contributed by atoms with E-state index in [1.807, 2.05) is 0 Å². The maximum Gasteiger partial charge on any atom is 0.0234 e. The van der Waals surface area contributed by atoms with Crippen LogP contribution in [0.25, 0.3) is 0 Å². The fraction of sp³-hybridized carbons (Fsp3) is 0.647. The third-order valence-corrected chi connectivity index (χ3v) is 4.96. The van der Waals surface area contributed by atoms with Gasteiger partial charge in [0.25, 0.3) is 0 Å². The SMILES string of the molecule is CC(C)N1CCC2(CC1)CN(Cc1ccccc1)C2. The van der Waals surface area contributed by atoms with E-state index in [0.29, 0.717) is 5.41 Å². The van der Waals surface area contributed by atoms with E-state index in [4.69, 9.17) is 0 Å². The summed E-state index contributed by atoms with van der Waals surface area (Å²) in [6.07, 6.45) is 2.80. The van der Waals surface area contributed by atoms with Crippen LogP contribution in [0, 0.1) is 5.41 Å². The summed E-state index contributed by atoms with van der Waals surface area (Å²) >= 11 is 0. The van der Waals surface area contributed by atoms with Gasteiger partial charge in [-0.1, -0.05) is 30.3 Å². The first-order chi connectivity index (χ1) is 9.17. The van der Waals surface area contributed by atoms with Gasteiger partial charge in [-0.2, -0.15) is 0 Å². The van der Waals surface area contributed by atoms with Gasteiger partial charge in [0, 0.05) is 25.7 Å². The minimum absolute atomic E-state index is 0.653. The summed E-state index contributed by atoms with van der Waals surface area (Å²) in [4.78, 5) is 5.24. The molecule has 1 aromatic rings. The number of hydrogen-bond donors (Lipinski definition) is 0. The van der Waals surface area contributed by atoms with Crippen molar-refractivity contribution in [2.45, 2.75) is 39.3 Å². The lowest BCUT2D eigenvalue weighted by atomic mass is 9.71. The van der Waals surface area contributed by atoms with Gasteiger partial charge in [-0.25, -0.2) is 0 Å². The monoisotopic (exact) mass is 258 g/mol. The highest BCUT2D eigenvalue weighted by molar-refractivity contribution is 5.15. The molecule has 2 fully saturated rings. The standard InChI is InChI=1S/C17H26N2/c1-15(2)19-10-8-17(9-11-19)13-18(14-17)12-16-6-4-3-5-7-16/h3-7,15H,8-14H2,1-2H3. The van der Waals surface area contributed by atoms with E-state index in [1.165, 1.54) is 44.6 Å². The Kier molecular flexibility index (Phi) is 3.64. The van der Waals surface area contributed by atoms with Crippen molar-refractivity contribution in [3.63, 3.8) is 0 Å². The fourth-order valence-electron chi connectivity index (χ4n) is 3.69. The van der Waals surface area contributed by atoms with Crippen LogP contribution in [-0.2, 0) is 6.54 Å². The zero-order chi connectivity index (χ0) is 13.3. The Bertz CT molecular complexity index is 397. The highest BCUT2D eigenvalue weighted by Crippen LogP contribution is 2.41. The van der Waals surface area contributed by atoms with Gasteiger partial charge in [-0.3, -0.25) is 4.90 Å². The molecule has 0 N–H and O–H groups in total. The number of piperidine rings is 1. The summed E-state index contributed by atoms with van der Waals surface area (Å²) in [5.74, 6) is 0. The highest BCUT2D eigenvalue weighted by Gasteiger charge is 2.44. The topological polar surface area (TPSA) is 6.48 Å². The summed E-state index contributed by atoms with van der Waals surface area (Å²) in [5.41, 5.74) is 2.11. The van der Waals surface area contributed by atoms with E-state index in [2.05, 4.69) is 54.0 Å². The maximum atomic E-state index is 2.63. The van der Waals surface area contributed by atoms with Crippen molar-refractivity contribution in [2.75, 3.05) is 26.2 Å². The molecule has 1 aromatic carbocycles. The van der Waals surface area contributed by atoms with E-state index < -0.39 is 0 Å². The first-order valence-corrected chi connectivity index (χ1v) is 7.67. The first-order valence-electron chi connectivity index (χ1n) is 7.67. The Morgan fingerprint density at radius 1 is 1.05 bits per heavy atom. The molecule has 2 saturated heterocycles. The van der Waals surface area contributed by atoms with Crippen molar-refractivity contribution >= 4 is 0 Å². The fourth-order valence-corrected chi connectivity index (χ4v) is 3.69. The van der Waals surface area contributed by atoms with Crippen LogP contribution in [-0.4, -0.2) is 42.0 Å². The third-order valence-electron chi connectivity index (χ3n) is 4.96. The molecule has 2 nitrogen and oxygen atoms in total.